The van der Waals surface area contributed by atoms with E-state index >= 15 is 0 Å². The normalized spacial score (nSPS) is 11.4. The lowest BCUT2D eigenvalue weighted by Crippen LogP contribution is -2.04. The van der Waals surface area contributed by atoms with Crippen LogP contribution in [0.2, 0.25) is 0 Å². The van der Waals surface area contributed by atoms with Crippen molar-refractivity contribution >= 4 is 28.5 Å². The third-order valence-electron chi connectivity index (χ3n) is 1.86. The third kappa shape index (κ3) is 3.98. The van der Waals surface area contributed by atoms with Crippen LogP contribution in [0.3, 0.4) is 0 Å². The second-order valence-electron chi connectivity index (χ2n) is 3.15. The summed E-state index contributed by atoms with van der Waals surface area (Å²) in [5.41, 5.74) is 5.92. The Hall–Kier alpha value is -1.43. The maximum Gasteiger partial charge on any atom is 0.259 e. The molecule has 0 fully saturated rings. The molecule has 16 heavy (non-hydrogen) atoms. The third-order valence-corrected chi connectivity index (χ3v) is 2.53. The van der Waals surface area contributed by atoms with Crippen LogP contribution < -0.4 is 5.73 Å². The fourth-order valence-corrected chi connectivity index (χ4v) is 1.59. The van der Waals surface area contributed by atoms with E-state index in [1.807, 2.05) is 0 Å². The lowest BCUT2D eigenvalue weighted by molar-refractivity contribution is 0.140. The molecule has 1 rings (SSSR count). The number of anilines is 1. The Bertz CT molecular complexity index is 363. The van der Waals surface area contributed by atoms with Crippen molar-refractivity contribution in [1.29, 1.82) is 0 Å². The van der Waals surface area contributed by atoms with E-state index < -0.39 is 0 Å². The van der Waals surface area contributed by atoms with Gasteiger partial charge in [0.05, 0.1) is 0 Å². The Morgan fingerprint density at radius 3 is 3.06 bits per heavy atom. The van der Waals surface area contributed by atoms with Gasteiger partial charge in [-0.2, -0.15) is 0 Å². The van der Waals surface area contributed by atoms with E-state index in [4.69, 9.17) is 10.6 Å². The summed E-state index contributed by atoms with van der Waals surface area (Å²) in [6, 6.07) is 0. The Balaban J connectivity index is 2.47. The predicted molar refractivity (Wildman–Crippen MR) is 64.2 cm³/mol. The lowest BCUT2D eigenvalue weighted by Gasteiger charge is -1.98. The topological polar surface area (TPSA) is 77.6 Å². The first-order chi connectivity index (χ1) is 7.77. The Morgan fingerprint density at radius 1 is 1.69 bits per heavy atom. The second-order valence-corrected chi connectivity index (χ2v) is 4.04. The zero-order valence-electron chi connectivity index (χ0n) is 9.10. The van der Waals surface area contributed by atoms with Gasteiger partial charge in [0.1, 0.15) is 12.3 Å². The number of aromatic nitrogens is 1. The first-order valence-corrected chi connectivity index (χ1v) is 5.95. The zero-order valence-corrected chi connectivity index (χ0v) is 9.92. The van der Waals surface area contributed by atoms with Gasteiger partial charge in [-0.05, 0) is 6.42 Å². The number of rotatable bonds is 7. The van der Waals surface area contributed by atoms with Gasteiger partial charge >= 0.3 is 0 Å². The summed E-state index contributed by atoms with van der Waals surface area (Å²) < 4.78 is 0. The molecular weight excluding hydrogens is 226 g/mol. The van der Waals surface area contributed by atoms with Gasteiger partial charge in [-0.15, -0.1) is 11.3 Å². The molecule has 1 aromatic rings. The molecule has 0 unspecified atom stereocenters. The maximum absolute atomic E-state index is 10.6. The number of oxime groups is 1. The van der Waals surface area contributed by atoms with Crippen molar-refractivity contribution in [3.63, 3.8) is 0 Å². The molecule has 0 aliphatic rings. The van der Waals surface area contributed by atoms with E-state index in [-0.39, 0.29) is 5.71 Å². The molecule has 6 heteroatoms. The molecule has 0 amide bonds. The molecule has 0 spiro atoms. The van der Waals surface area contributed by atoms with Gasteiger partial charge in [-0.25, -0.2) is 4.98 Å². The predicted octanol–water partition coefficient (Wildman–Crippen LogP) is 1.75. The molecule has 1 radical (unpaired) electrons. The summed E-state index contributed by atoms with van der Waals surface area (Å²) >= 11 is 1.25. The highest BCUT2D eigenvalue weighted by Gasteiger charge is 2.08. The highest BCUT2D eigenvalue weighted by molar-refractivity contribution is 7.13. The number of carbonyl (C=O) groups excluding carboxylic acids is 1. The van der Waals surface area contributed by atoms with Gasteiger partial charge < -0.3 is 10.6 Å². The minimum atomic E-state index is 0.0597. The number of thiazole rings is 1. The van der Waals surface area contributed by atoms with E-state index in [0.717, 1.165) is 19.3 Å². The standard InChI is InChI=1S/C10H14N3O2S/c1-2-3-4-5-15-13-8(6-14)9-7-16-10(11)12-9/h7H,2-5H2,1H3,(H2,11,12)/b13-8+. The maximum atomic E-state index is 10.6. The Kier molecular flexibility index (Phi) is 5.49. The highest BCUT2D eigenvalue weighted by atomic mass is 32.1. The van der Waals surface area contributed by atoms with Crippen LogP contribution in [0.25, 0.3) is 0 Å². The fraction of sp³-hybridized carbons (Fsp3) is 0.500. The molecule has 0 bridgehead atoms. The zero-order chi connectivity index (χ0) is 11.8. The van der Waals surface area contributed by atoms with Crippen molar-refractivity contribution in [2.45, 2.75) is 26.2 Å². The van der Waals surface area contributed by atoms with Crippen LogP contribution >= 0.6 is 11.3 Å². The smallest absolute Gasteiger partial charge is 0.259 e. The summed E-state index contributed by atoms with van der Waals surface area (Å²) in [6.07, 6.45) is 4.80. The van der Waals surface area contributed by atoms with Crippen LogP contribution in [0.5, 0.6) is 0 Å². The van der Waals surface area contributed by atoms with Gasteiger partial charge in [0.15, 0.2) is 10.8 Å². The largest absolute Gasteiger partial charge is 0.395 e. The SMILES string of the molecule is CCCCCO/N=C(\[C]=O)c1csc(N)n1. The van der Waals surface area contributed by atoms with Gasteiger partial charge in [-0.1, -0.05) is 24.9 Å². The molecule has 0 saturated heterocycles. The van der Waals surface area contributed by atoms with Crippen molar-refractivity contribution < 1.29 is 9.63 Å². The van der Waals surface area contributed by atoms with Crippen molar-refractivity contribution in [3.05, 3.63) is 11.1 Å². The number of nitrogens with zero attached hydrogens (tertiary/aromatic N) is 2. The van der Waals surface area contributed by atoms with Crippen LogP contribution in [0, 0.1) is 0 Å². The van der Waals surface area contributed by atoms with E-state index in [2.05, 4.69) is 17.1 Å². The van der Waals surface area contributed by atoms with E-state index in [1.165, 1.54) is 11.3 Å². The molecule has 5 nitrogen and oxygen atoms in total. The summed E-state index contributed by atoms with van der Waals surface area (Å²) in [5.74, 6) is 0. The quantitative estimate of drug-likeness (QED) is 0.447. The average molecular weight is 240 g/mol. The lowest BCUT2D eigenvalue weighted by atomic mass is 10.3. The molecule has 87 valence electrons. The molecule has 1 heterocycles. The van der Waals surface area contributed by atoms with Crippen LogP contribution in [-0.2, 0) is 9.63 Å². The average Bonchev–Trinajstić information content (AvgIpc) is 2.70. The molecule has 0 atom stereocenters. The summed E-state index contributed by atoms with van der Waals surface area (Å²) in [4.78, 5) is 19.5. The molecule has 0 saturated carbocycles. The first kappa shape index (κ1) is 12.6. The molecule has 2 N–H and O–H groups in total. The summed E-state index contributed by atoms with van der Waals surface area (Å²) in [5, 5.41) is 5.72. The monoisotopic (exact) mass is 240 g/mol. The Morgan fingerprint density at radius 2 is 2.50 bits per heavy atom. The van der Waals surface area contributed by atoms with Crippen LogP contribution in [0.4, 0.5) is 5.13 Å². The van der Waals surface area contributed by atoms with Crippen molar-refractivity contribution in [1.82, 2.24) is 4.98 Å². The number of nitrogen functional groups attached to an aromatic ring is 1. The first-order valence-electron chi connectivity index (χ1n) is 5.07. The number of nitrogens with two attached hydrogens (primary N) is 1. The fourth-order valence-electron chi connectivity index (χ4n) is 1.04. The van der Waals surface area contributed by atoms with Gasteiger partial charge in [-0.3, -0.25) is 4.79 Å². The van der Waals surface area contributed by atoms with E-state index in [0.29, 0.717) is 17.4 Å². The molecule has 0 aliphatic heterocycles. The van der Waals surface area contributed by atoms with Gasteiger partial charge in [0.2, 0.25) is 0 Å². The molecule has 0 aliphatic carbocycles. The van der Waals surface area contributed by atoms with Crippen LogP contribution in [0.1, 0.15) is 31.9 Å². The molecular formula is C10H14N3O2S. The van der Waals surface area contributed by atoms with Crippen LogP contribution in [-0.4, -0.2) is 23.6 Å². The minimum Gasteiger partial charge on any atom is -0.395 e. The molecule has 0 aromatic carbocycles. The van der Waals surface area contributed by atoms with Crippen molar-refractivity contribution in [3.8, 4) is 0 Å². The van der Waals surface area contributed by atoms with E-state index in [1.54, 1.807) is 11.7 Å². The Labute approximate surface area is 98.3 Å². The van der Waals surface area contributed by atoms with Gasteiger partial charge in [0.25, 0.3) is 6.29 Å². The second kappa shape index (κ2) is 6.95. The van der Waals surface area contributed by atoms with Crippen molar-refractivity contribution in [2.75, 3.05) is 12.3 Å². The molecule has 1 aromatic heterocycles. The number of hydrogen-bond acceptors (Lipinski definition) is 6. The van der Waals surface area contributed by atoms with Crippen molar-refractivity contribution in [2.24, 2.45) is 5.16 Å². The van der Waals surface area contributed by atoms with Crippen LogP contribution in [0.15, 0.2) is 10.5 Å². The minimum absolute atomic E-state index is 0.0597. The van der Waals surface area contributed by atoms with E-state index in [9.17, 15) is 4.79 Å². The number of unbranched alkanes of at least 4 members (excludes halogenated alkanes) is 2. The number of hydrogen-bond donors (Lipinski definition) is 1. The summed E-state index contributed by atoms with van der Waals surface area (Å²) in [6.45, 7) is 2.60. The highest BCUT2D eigenvalue weighted by Crippen LogP contribution is 2.11. The van der Waals surface area contributed by atoms with Gasteiger partial charge in [0, 0.05) is 5.38 Å². The summed E-state index contributed by atoms with van der Waals surface area (Å²) in [7, 11) is 0.